The molecular formula is C20H19Cl2N5O3S. The molecule has 0 bridgehead atoms. The summed E-state index contributed by atoms with van der Waals surface area (Å²) in [7, 11) is 3.32. The minimum absolute atomic E-state index is 0.0449. The van der Waals surface area contributed by atoms with E-state index in [2.05, 4.69) is 20.8 Å². The SMILES string of the molecule is COc1ccc(NC(=O)Cc2nnc(SCC(=O)Nc3cc(Cl)cc(Cl)c3)n2C)cc1. The fourth-order valence-electron chi connectivity index (χ4n) is 2.60. The number of nitrogens with zero attached hydrogens (tertiary/aromatic N) is 3. The van der Waals surface area contributed by atoms with Crippen LogP contribution in [0.5, 0.6) is 5.75 Å². The van der Waals surface area contributed by atoms with E-state index in [4.69, 9.17) is 27.9 Å². The van der Waals surface area contributed by atoms with Crippen molar-refractivity contribution in [3.63, 3.8) is 0 Å². The summed E-state index contributed by atoms with van der Waals surface area (Å²) < 4.78 is 6.78. The molecule has 0 unspecified atom stereocenters. The van der Waals surface area contributed by atoms with Gasteiger partial charge in [-0.05, 0) is 42.5 Å². The quantitative estimate of drug-likeness (QED) is 0.473. The Labute approximate surface area is 193 Å². The fourth-order valence-corrected chi connectivity index (χ4v) is 3.86. The number of halogens is 2. The van der Waals surface area contributed by atoms with Crippen LogP contribution in [0.25, 0.3) is 0 Å². The van der Waals surface area contributed by atoms with Gasteiger partial charge in [-0.3, -0.25) is 9.59 Å². The van der Waals surface area contributed by atoms with Gasteiger partial charge in [0.05, 0.1) is 19.3 Å². The number of carbonyl (C=O) groups is 2. The minimum atomic E-state index is -0.245. The summed E-state index contributed by atoms with van der Waals surface area (Å²) in [5.74, 6) is 0.817. The Morgan fingerprint density at radius 2 is 1.65 bits per heavy atom. The molecule has 0 radical (unpaired) electrons. The molecule has 0 aliphatic heterocycles. The number of rotatable bonds is 8. The Morgan fingerprint density at radius 1 is 1.00 bits per heavy atom. The number of nitrogens with one attached hydrogen (secondary N) is 2. The maximum Gasteiger partial charge on any atom is 0.234 e. The van der Waals surface area contributed by atoms with Crippen molar-refractivity contribution in [2.75, 3.05) is 23.5 Å². The van der Waals surface area contributed by atoms with Gasteiger partial charge in [0.15, 0.2) is 5.16 Å². The van der Waals surface area contributed by atoms with Crippen molar-refractivity contribution >= 4 is 58.2 Å². The molecule has 0 saturated carbocycles. The van der Waals surface area contributed by atoms with Crippen LogP contribution in [-0.4, -0.2) is 39.4 Å². The van der Waals surface area contributed by atoms with Gasteiger partial charge in [-0.25, -0.2) is 0 Å². The van der Waals surface area contributed by atoms with Crippen molar-refractivity contribution in [3.05, 3.63) is 58.3 Å². The van der Waals surface area contributed by atoms with E-state index in [0.717, 1.165) is 0 Å². The van der Waals surface area contributed by atoms with Crippen LogP contribution >= 0.6 is 35.0 Å². The van der Waals surface area contributed by atoms with Gasteiger partial charge in [0.2, 0.25) is 11.8 Å². The Morgan fingerprint density at radius 3 is 2.29 bits per heavy atom. The maximum atomic E-state index is 12.3. The van der Waals surface area contributed by atoms with Gasteiger partial charge < -0.3 is 19.9 Å². The summed E-state index contributed by atoms with van der Waals surface area (Å²) in [5.41, 5.74) is 1.16. The van der Waals surface area contributed by atoms with Crippen LogP contribution < -0.4 is 15.4 Å². The number of methoxy groups -OCH3 is 1. The second-order valence-electron chi connectivity index (χ2n) is 6.41. The third-order valence-electron chi connectivity index (χ3n) is 4.10. The second kappa shape index (κ2) is 10.5. The monoisotopic (exact) mass is 479 g/mol. The smallest absolute Gasteiger partial charge is 0.234 e. The van der Waals surface area contributed by atoms with E-state index in [-0.39, 0.29) is 24.0 Å². The Balaban J connectivity index is 1.53. The van der Waals surface area contributed by atoms with Gasteiger partial charge >= 0.3 is 0 Å². The molecule has 0 aliphatic rings. The van der Waals surface area contributed by atoms with E-state index in [1.54, 1.807) is 61.2 Å². The molecule has 3 rings (SSSR count). The molecule has 2 amide bonds. The van der Waals surface area contributed by atoms with Crippen molar-refractivity contribution in [2.24, 2.45) is 7.05 Å². The molecule has 1 heterocycles. The predicted molar refractivity (Wildman–Crippen MR) is 122 cm³/mol. The summed E-state index contributed by atoms with van der Waals surface area (Å²) in [5, 5.41) is 15.0. The molecular weight excluding hydrogens is 461 g/mol. The van der Waals surface area contributed by atoms with Gasteiger partial charge in [-0.2, -0.15) is 0 Å². The lowest BCUT2D eigenvalue weighted by molar-refractivity contribution is -0.116. The Kier molecular flexibility index (Phi) is 7.78. The zero-order valence-electron chi connectivity index (χ0n) is 16.7. The molecule has 0 spiro atoms. The molecule has 0 atom stereocenters. The first kappa shape index (κ1) is 22.9. The number of amides is 2. The Bertz CT molecular complexity index is 1070. The second-order valence-corrected chi connectivity index (χ2v) is 8.22. The van der Waals surface area contributed by atoms with Crippen molar-refractivity contribution in [3.8, 4) is 5.75 Å². The van der Waals surface area contributed by atoms with Crippen LogP contribution in [0.2, 0.25) is 10.0 Å². The lowest BCUT2D eigenvalue weighted by Gasteiger charge is -2.07. The summed E-state index contributed by atoms with van der Waals surface area (Å²) in [6, 6.07) is 11.8. The van der Waals surface area contributed by atoms with Crippen molar-refractivity contribution in [1.29, 1.82) is 0 Å². The largest absolute Gasteiger partial charge is 0.497 e. The van der Waals surface area contributed by atoms with Crippen LogP contribution in [0.1, 0.15) is 5.82 Å². The van der Waals surface area contributed by atoms with E-state index < -0.39 is 0 Å². The molecule has 2 N–H and O–H groups in total. The zero-order valence-corrected chi connectivity index (χ0v) is 19.0. The minimum Gasteiger partial charge on any atom is -0.497 e. The average molecular weight is 480 g/mol. The van der Waals surface area contributed by atoms with E-state index in [9.17, 15) is 9.59 Å². The number of hydrogen-bond donors (Lipinski definition) is 2. The van der Waals surface area contributed by atoms with E-state index >= 15 is 0 Å². The molecule has 0 fully saturated rings. The van der Waals surface area contributed by atoms with E-state index in [1.807, 2.05) is 0 Å². The van der Waals surface area contributed by atoms with E-state index in [0.29, 0.717) is 38.2 Å². The summed E-state index contributed by atoms with van der Waals surface area (Å²) in [6.45, 7) is 0. The number of aromatic nitrogens is 3. The fraction of sp³-hybridized carbons (Fsp3) is 0.200. The van der Waals surface area contributed by atoms with Crippen LogP contribution in [-0.2, 0) is 23.1 Å². The predicted octanol–water partition coefficient (Wildman–Crippen LogP) is 4.04. The van der Waals surface area contributed by atoms with Crippen molar-refractivity contribution in [2.45, 2.75) is 11.6 Å². The van der Waals surface area contributed by atoms with Crippen molar-refractivity contribution < 1.29 is 14.3 Å². The normalized spacial score (nSPS) is 10.6. The molecule has 8 nitrogen and oxygen atoms in total. The standard InChI is InChI=1S/C20H19Cl2N5O3S/c1-27-17(10-18(28)23-14-3-5-16(30-2)6-4-14)25-26-20(27)31-11-19(29)24-15-8-12(21)7-13(22)9-15/h3-9H,10-11H2,1-2H3,(H,23,28)(H,24,29). The van der Waals surface area contributed by atoms with Crippen LogP contribution in [0.4, 0.5) is 11.4 Å². The highest BCUT2D eigenvalue weighted by molar-refractivity contribution is 7.99. The number of carbonyl (C=O) groups excluding carboxylic acids is 2. The van der Waals surface area contributed by atoms with Crippen LogP contribution in [0.3, 0.4) is 0 Å². The van der Waals surface area contributed by atoms with Crippen molar-refractivity contribution in [1.82, 2.24) is 14.8 Å². The number of thioether (sulfide) groups is 1. The van der Waals surface area contributed by atoms with Crippen LogP contribution in [0, 0.1) is 0 Å². The zero-order chi connectivity index (χ0) is 22.4. The molecule has 2 aromatic carbocycles. The first-order valence-electron chi connectivity index (χ1n) is 9.05. The van der Waals surface area contributed by atoms with Gasteiger partial charge in [-0.1, -0.05) is 35.0 Å². The number of anilines is 2. The number of benzene rings is 2. The third-order valence-corrected chi connectivity index (χ3v) is 5.55. The van der Waals surface area contributed by atoms with Gasteiger partial charge in [0, 0.05) is 28.5 Å². The summed E-state index contributed by atoms with van der Waals surface area (Å²) >= 11 is 13.1. The number of ether oxygens (including phenoxy) is 1. The third kappa shape index (κ3) is 6.61. The first-order valence-corrected chi connectivity index (χ1v) is 10.8. The Hall–Kier alpha value is -2.75. The molecule has 31 heavy (non-hydrogen) atoms. The summed E-state index contributed by atoms with van der Waals surface area (Å²) in [4.78, 5) is 24.5. The molecule has 3 aromatic rings. The lowest BCUT2D eigenvalue weighted by atomic mass is 10.3. The highest BCUT2D eigenvalue weighted by atomic mass is 35.5. The molecule has 11 heteroatoms. The number of hydrogen-bond acceptors (Lipinski definition) is 6. The molecule has 0 saturated heterocycles. The lowest BCUT2D eigenvalue weighted by Crippen LogP contribution is -2.17. The van der Waals surface area contributed by atoms with Crippen LogP contribution in [0.15, 0.2) is 47.6 Å². The van der Waals surface area contributed by atoms with Gasteiger partial charge in [-0.15, -0.1) is 10.2 Å². The molecule has 1 aromatic heterocycles. The molecule has 0 aliphatic carbocycles. The highest BCUT2D eigenvalue weighted by Crippen LogP contribution is 2.23. The average Bonchev–Trinajstić information content (AvgIpc) is 3.05. The molecule has 162 valence electrons. The first-order chi connectivity index (χ1) is 14.8. The van der Waals surface area contributed by atoms with E-state index in [1.165, 1.54) is 11.8 Å². The maximum absolute atomic E-state index is 12.3. The highest BCUT2D eigenvalue weighted by Gasteiger charge is 2.15. The topological polar surface area (TPSA) is 98.1 Å². The van der Waals surface area contributed by atoms with Gasteiger partial charge in [0.1, 0.15) is 11.6 Å². The summed E-state index contributed by atoms with van der Waals surface area (Å²) in [6.07, 6.45) is 0.0449. The van der Waals surface area contributed by atoms with Gasteiger partial charge in [0.25, 0.3) is 0 Å².